The molecule has 0 bridgehead atoms. The number of nitrogens with zero attached hydrogens (tertiary/aromatic N) is 2. The summed E-state index contributed by atoms with van der Waals surface area (Å²) in [5.41, 5.74) is 0.861. The average Bonchev–Trinajstić information content (AvgIpc) is 2.81. The van der Waals surface area contributed by atoms with Crippen LogP contribution in [0.2, 0.25) is 0 Å². The Morgan fingerprint density at radius 3 is 2.73 bits per heavy atom. The van der Waals surface area contributed by atoms with Crippen LogP contribution in [0, 0.1) is 6.07 Å². The first-order chi connectivity index (χ1) is 7.35. The lowest BCUT2D eigenvalue weighted by atomic mass is 10.3. The minimum Gasteiger partial charge on any atom is -0.497 e. The quantitative estimate of drug-likeness (QED) is 0.761. The lowest BCUT2D eigenvalue weighted by molar-refractivity contribution is 0.392. The lowest BCUT2D eigenvalue weighted by Gasteiger charge is -2.09. The maximum Gasteiger partial charge on any atom is 0.148 e. The number of methoxy groups -OCH3 is 2. The molecule has 1 heterocycles. The molecule has 0 aliphatic rings. The van der Waals surface area contributed by atoms with Gasteiger partial charge in [-0.1, -0.05) is 0 Å². The van der Waals surface area contributed by atoms with Crippen LogP contribution >= 0.6 is 0 Å². The monoisotopic (exact) mass is 203 g/mol. The maximum atomic E-state index is 5.26. The summed E-state index contributed by atoms with van der Waals surface area (Å²) in [5.74, 6) is 1.47. The summed E-state index contributed by atoms with van der Waals surface area (Å²) in [5, 5.41) is 4.09. The fraction of sp³-hybridized carbons (Fsp3) is 0.182. The van der Waals surface area contributed by atoms with E-state index in [9.17, 15) is 0 Å². The highest BCUT2D eigenvalue weighted by Gasteiger charge is 2.06. The third-order valence-electron chi connectivity index (χ3n) is 2.09. The van der Waals surface area contributed by atoms with Gasteiger partial charge in [0.05, 0.1) is 20.4 Å². The first-order valence-corrected chi connectivity index (χ1v) is 4.48. The van der Waals surface area contributed by atoms with Gasteiger partial charge in [-0.05, 0) is 12.1 Å². The van der Waals surface area contributed by atoms with Crippen molar-refractivity contribution < 1.29 is 9.47 Å². The summed E-state index contributed by atoms with van der Waals surface area (Å²) in [6.45, 7) is 0. The zero-order valence-corrected chi connectivity index (χ0v) is 8.60. The van der Waals surface area contributed by atoms with Crippen molar-refractivity contribution in [1.82, 2.24) is 9.78 Å². The van der Waals surface area contributed by atoms with Gasteiger partial charge in [0.1, 0.15) is 17.2 Å². The molecule has 2 aromatic rings. The van der Waals surface area contributed by atoms with Gasteiger partial charge >= 0.3 is 0 Å². The van der Waals surface area contributed by atoms with E-state index >= 15 is 0 Å². The van der Waals surface area contributed by atoms with Crippen LogP contribution in [0.15, 0.2) is 30.6 Å². The summed E-state index contributed by atoms with van der Waals surface area (Å²) in [7, 11) is 3.24. The van der Waals surface area contributed by atoms with Gasteiger partial charge in [-0.3, -0.25) is 0 Å². The summed E-state index contributed by atoms with van der Waals surface area (Å²) >= 11 is 0. The largest absolute Gasteiger partial charge is 0.497 e. The second-order valence-electron chi connectivity index (χ2n) is 2.92. The number of benzene rings is 1. The molecule has 0 atom stereocenters. The summed E-state index contributed by atoms with van der Waals surface area (Å²) in [4.78, 5) is 0. The van der Waals surface area contributed by atoms with E-state index in [2.05, 4.69) is 11.2 Å². The molecule has 1 aromatic heterocycles. The van der Waals surface area contributed by atoms with Gasteiger partial charge in [-0.15, -0.1) is 0 Å². The van der Waals surface area contributed by atoms with Crippen LogP contribution in [0.25, 0.3) is 5.69 Å². The van der Waals surface area contributed by atoms with Crippen molar-refractivity contribution in [3.8, 4) is 17.2 Å². The van der Waals surface area contributed by atoms with Crippen LogP contribution in [-0.4, -0.2) is 24.0 Å². The van der Waals surface area contributed by atoms with Crippen LogP contribution in [0.1, 0.15) is 0 Å². The highest BCUT2D eigenvalue weighted by Crippen LogP contribution is 2.26. The van der Waals surface area contributed by atoms with Gasteiger partial charge in [0.15, 0.2) is 0 Å². The molecule has 15 heavy (non-hydrogen) atoms. The first kappa shape index (κ1) is 9.58. The Morgan fingerprint density at radius 2 is 2.13 bits per heavy atom. The second kappa shape index (κ2) is 4.04. The average molecular weight is 203 g/mol. The van der Waals surface area contributed by atoms with E-state index in [0.717, 1.165) is 11.4 Å². The minimum atomic E-state index is 0.714. The van der Waals surface area contributed by atoms with Gasteiger partial charge in [0.25, 0.3) is 0 Å². The van der Waals surface area contributed by atoms with Crippen LogP contribution in [0.5, 0.6) is 11.5 Å². The van der Waals surface area contributed by atoms with Gasteiger partial charge < -0.3 is 9.47 Å². The predicted octanol–water partition coefficient (Wildman–Crippen LogP) is 1.69. The molecule has 0 spiro atoms. The molecule has 0 N–H and O–H groups in total. The number of rotatable bonds is 3. The molecule has 4 heteroatoms. The van der Waals surface area contributed by atoms with E-state index < -0.39 is 0 Å². The fourth-order valence-electron chi connectivity index (χ4n) is 1.34. The highest BCUT2D eigenvalue weighted by molar-refractivity contribution is 5.50. The first-order valence-electron chi connectivity index (χ1n) is 4.48. The summed E-state index contributed by atoms with van der Waals surface area (Å²) in [6, 6.07) is 8.44. The van der Waals surface area contributed by atoms with Gasteiger partial charge in [-0.25, -0.2) is 4.68 Å². The third-order valence-corrected chi connectivity index (χ3v) is 2.09. The van der Waals surface area contributed by atoms with E-state index in [4.69, 9.17) is 9.47 Å². The topological polar surface area (TPSA) is 36.3 Å². The molecule has 0 amide bonds. The molecule has 0 aliphatic heterocycles. The van der Waals surface area contributed by atoms with E-state index in [1.807, 2.05) is 18.2 Å². The van der Waals surface area contributed by atoms with E-state index in [1.165, 1.54) is 0 Å². The van der Waals surface area contributed by atoms with Gasteiger partial charge in [0.2, 0.25) is 0 Å². The molecular formula is C11H11N2O2. The standard InChI is InChI=1S/C11H11N2O2/c1-14-9-4-5-10(11(8-9)15-2)13-7-3-6-12-13/h4-8H,1-2H3. The predicted molar refractivity (Wildman–Crippen MR) is 55.5 cm³/mol. The fourth-order valence-corrected chi connectivity index (χ4v) is 1.34. The molecular weight excluding hydrogens is 192 g/mol. The Balaban J connectivity index is 2.48. The van der Waals surface area contributed by atoms with Crippen LogP contribution < -0.4 is 9.47 Å². The van der Waals surface area contributed by atoms with Crippen LogP contribution in [-0.2, 0) is 0 Å². The van der Waals surface area contributed by atoms with Crippen molar-refractivity contribution in [3.05, 3.63) is 36.7 Å². The summed E-state index contributed by atoms with van der Waals surface area (Å²) < 4.78 is 12.1. The smallest absolute Gasteiger partial charge is 0.148 e. The number of aromatic nitrogens is 2. The Bertz CT molecular complexity index is 438. The molecule has 4 nitrogen and oxygen atoms in total. The molecule has 0 saturated carbocycles. The maximum absolute atomic E-state index is 5.26. The second-order valence-corrected chi connectivity index (χ2v) is 2.92. The Hall–Kier alpha value is -1.97. The number of ether oxygens (including phenoxy) is 2. The molecule has 0 fully saturated rings. The SMILES string of the molecule is COc1ccc(-n2c[c]cn2)c(OC)c1. The molecule has 1 radical (unpaired) electrons. The van der Waals surface area contributed by atoms with Crippen molar-refractivity contribution in [1.29, 1.82) is 0 Å². The van der Waals surface area contributed by atoms with Crippen molar-refractivity contribution in [2.24, 2.45) is 0 Å². The Kier molecular flexibility index (Phi) is 2.58. The van der Waals surface area contributed by atoms with Crippen molar-refractivity contribution >= 4 is 0 Å². The molecule has 0 unspecified atom stereocenters. The highest BCUT2D eigenvalue weighted by atomic mass is 16.5. The number of hydrogen-bond acceptors (Lipinski definition) is 3. The molecule has 77 valence electrons. The van der Waals surface area contributed by atoms with Crippen molar-refractivity contribution in [3.63, 3.8) is 0 Å². The molecule has 0 saturated heterocycles. The Labute approximate surface area is 88.1 Å². The zero-order chi connectivity index (χ0) is 10.7. The van der Waals surface area contributed by atoms with Crippen molar-refractivity contribution in [2.75, 3.05) is 14.2 Å². The van der Waals surface area contributed by atoms with Gasteiger partial charge in [0, 0.05) is 18.3 Å². The van der Waals surface area contributed by atoms with E-state index in [-0.39, 0.29) is 0 Å². The van der Waals surface area contributed by atoms with E-state index in [0.29, 0.717) is 5.75 Å². The van der Waals surface area contributed by atoms with Crippen LogP contribution in [0.3, 0.4) is 0 Å². The minimum absolute atomic E-state index is 0.714. The molecule has 2 rings (SSSR count). The number of hydrogen-bond donors (Lipinski definition) is 0. The summed E-state index contributed by atoms with van der Waals surface area (Å²) in [6.07, 6.45) is 3.34. The van der Waals surface area contributed by atoms with Crippen LogP contribution in [0.4, 0.5) is 0 Å². The molecule has 1 aromatic carbocycles. The lowest BCUT2D eigenvalue weighted by Crippen LogP contribution is -1.98. The molecule has 0 aliphatic carbocycles. The third kappa shape index (κ3) is 1.79. The van der Waals surface area contributed by atoms with E-state index in [1.54, 1.807) is 31.3 Å². The normalized spacial score (nSPS) is 10.0. The zero-order valence-electron chi connectivity index (χ0n) is 8.60. The Morgan fingerprint density at radius 1 is 1.27 bits per heavy atom. The van der Waals surface area contributed by atoms with Gasteiger partial charge in [-0.2, -0.15) is 5.10 Å². The van der Waals surface area contributed by atoms with Crippen molar-refractivity contribution in [2.45, 2.75) is 0 Å².